The summed E-state index contributed by atoms with van der Waals surface area (Å²) in [6, 6.07) is 8.16. The van der Waals surface area contributed by atoms with E-state index >= 15 is 0 Å². The lowest BCUT2D eigenvalue weighted by Gasteiger charge is -2.26. The number of hydrogen-bond donors (Lipinski definition) is 1. The summed E-state index contributed by atoms with van der Waals surface area (Å²) < 4.78 is 5.91. The van der Waals surface area contributed by atoms with Crippen molar-refractivity contribution in [1.82, 2.24) is 0 Å². The molecule has 0 spiro atoms. The number of hydrogen-bond acceptors (Lipinski definition) is 2. The van der Waals surface area contributed by atoms with Gasteiger partial charge in [0.1, 0.15) is 11.4 Å². The summed E-state index contributed by atoms with van der Waals surface area (Å²) in [6.07, 6.45) is 0.995. The number of benzene rings is 1. The van der Waals surface area contributed by atoms with Gasteiger partial charge in [0.15, 0.2) is 0 Å². The maximum atomic E-state index is 5.91. The Morgan fingerprint density at radius 1 is 1.00 bits per heavy atom. The lowest BCUT2D eigenvalue weighted by atomic mass is 10.1. The van der Waals surface area contributed by atoms with Crippen molar-refractivity contribution in [2.45, 2.75) is 59.1 Å². The van der Waals surface area contributed by atoms with E-state index in [1.54, 1.807) is 0 Å². The van der Waals surface area contributed by atoms with E-state index in [4.69, 9.17) is 4.74 Å². The Bertz CT molecular complexity index is 346. The number of nitrogens with one attached hydrogen (secondary N) is 1. The predicted molar refractivity (Wildman–Crippen MR) is 74.8 cm³/mol. The molecular formula is C15H25NO. The molecule has 0 aliphatic rings. The molecule has 0 fully saturated rings. The maximum Gasteiger partial charge on any atom is 0.120 e. The van der Waals surface area contributed by atoms with Gasteiger partial charge in [-0.3, -0.25) is 0 Å². The summed E-state index contributed by atoms with van der Waals surface area (Å²) >= 11 is 0. The first-order chi connectivity index (χ1) is 7.72. The largest absolute Gasteiger partial charge is 0.488 e. The van der Waals surface area contributed by atoms with E-state index < -0.39 is 0 Å². The van der Waals surface area contributed by atoms with Gasteiger partial charge < -0.3 is 10.1 Å². The van der Waals surface area contributed by atoms with Gasteiger partial charge in [-0.15, -0.1) is 0 Å². The standard InChI is InChI=1S/C15H25NO/c1-7-15(5,6)17-13-10-8-12(9-11-13)16-14(2,3)4/h8-11,16H,7H2,1-6H3. The van der Waals surface area contributed by atoms with Gasteiger partial charge in [-0.05, 0) is 65.3 Å². The van der Waals surface area contributed by atoms with E-state index in [2.05, 4.69) is 59.0 Å². The van der Waals surface area contributed by atoms with Gasteiger partial charge in [-0.25, -0.2) is 0 Å². The Labute approximate surface area is 105 Å². The molecule has 0 radical (unpaired) electrons. The van der Waals surface area contributed by atoms with Gasteiger partial charge >= 0.3 is 0 Å². The van der Waals surface area contributed by atoms with Gasteiger partial charge in [-0.1, -0.05) is 6.92 Å². The van der Waals surface area contributed by atoms with Crippen molar-refractivity contribution in [2.75, 3.05) is 5.32 Å². The number of anilines is 1. The van der Waals surface area contributed by atoms with Crippen molar-refractivity contribution in [2.24, 2.45) is 0 Å². The highest BCUT2D eigenvalue weighted by Gasteiger charge is 2.16. The van der Waals surface area contributed by atoms with Crippen LogP contribution in [0.25, 0.3) is 0 Å². The number of ether oxygens (including phenoxy) is 1. The fourth-order valence-corrected chi connectivity index (χ4v) is 1.43. The molecule has 0 aromatic heterocycles. The molecule has 0 saturated carbocycles. The first-order valence-electron chi connectivity index (χ1n) is 6.29. The second-order valence-electron chi connectivity index (χ2n) is 6.11. The molecule has 1 aromatic carbocycles. The third-order valence-corrected chi connectivity index (χ3v) is 2.62. The molecule has 96 valence electrons. The van der Waals surface area contributed by atoms with Crippen LogP contribution < -0.4 is 10.1 Å². The van der Waals surface area contributed by atoms with Crippen LogP contribution in [0.4, 0.5) is 5.69 Å². The van der Waals surface area contributed by atoms with E-state index in [9.17, 15) is 0 Å². The minimum absolute atomic E-state index is 0.0884. The van der Waals surface area contributed by atoms with Crippen LogP contribution in [0.3, 0.4) is 0 Å². The minimum Gasteiger partial charge on any atom is -0.488 e. The van der Waals surface area contributed by atoms with Gasteiger partial charge in [0.05, 0.1) is 0 Å². The van der Waals surface area contributed by atoms with Crippen molar-refractivity contribution in [3.8, 4) is 5.75 Å². The molecule has 0 aliphatic heterocycles. The Morgan fingerprint density at radius 3 is 1.94 bits per heavy atom. The summed E-state index contributed by atoms with van der Waals surface area (Å²) in [4.78, 5) is 0. The highest BCUT2D eigenvalue weighted by Crippen LogP contribution is 2.23. The first kappa shape index (κ1) is 13.9. The van der Waals surface area contributed by atoms with Crippen LogP contribution in [0.15, 0.2) is 24.3 Å². The van der Waals surface area contributed by atoms with Gasteiger partial charge in [0, 0.05) is 11.2 Å². The van der Waals surface area contributed by atoms with E-state index in [0.717, 1.165) is 17.9 Å². The Hall–Kier alpha value is -1.18. The molecule has 0 saturated heterocycles. The molecule has 1 aromatic rings. The molecule has 0 unspecified atom stereocenters. The van der Waals surface area contributed by atoms with Crippen molar-refractivity contribution < 1.29 is 4.74 Å². The highest BCUT2D eigenvalue weighted by atomic mass is 16.5. The number of rotatable bonds is 4. The zero-order valence-electron chi connectivity index (χ0n) is 11.9. The van der Waals surface area contributed by atoms with Crippen LogP contribution in [-0.4, -0.2) is 11.1 Å². The van der Waals surface area contributed by atoms with Crippen molar-refractivity contribution in [1.29, 1.82) is 0 Å². The van der Waals surface area contributed by atoms with Gasteiger partial charge in [0.25, 0.3) is 0 Å². The van der Waals surface area contributed by atoms with E-state index in [0.29, 0.717) is 0 Å². The van der Waals surface area contributed by atoms with Crippen molar-refractivity contribution in [3.63, 3.8) is 0 Å². The summed E-state index contributed by atoms with van der Waals surface area (Å²) in [5.41, 5.74) is 1.11. The van der Waals surface area contributed by atoms with Crippen molar-refractivity contribution in [3.05, 3.63) is 24.3 Å². The van der Waals surface area contributed by atoms with E-state index in [1.807, 2.05) is 12.1 Å². The van der Waals surface area contributed by atoms with Gasteiger partial charge in [0.2, 0.25) is 0 Å². The molecular weight excluding hydrogens is 210 g/mol. The van der Waals surface area contributed by atoms with Crippen LogP contribution in [-0.2, 0) is 0 Å². The van der Waals surface area contributed by atoms with Gasteiger partial charge in [-0.2, -0.15) is 0 Å². The maximum absolute atomic E-state index is 5.91. The average Bonchev–Trinajstić information content (AvgIpc) is 2.19. The Kier molecular flexibility index (Phi) is 4.07. The predicted octanol–water partition coefficient (Wildman–Crippen LogP) is 4.46. The molecule has 2 nitrogen and oxygen atoms in total. The third-order valence-electron chi connectivity index (χ3n) is 2.62. The lowest BCUT2D eigenvalue weighted by molar-refractivity contribution is 0.105. The van der Waals surface area contributed by atoms with Crippen LogP contribution in [0, 0.1) is 0 Å². The summed E-state index contributed by atoms with van der Waals surface area (Å²) in [5, 5.41) is 3.43. The smallest absolute Gasteiger partial charge is 0.120 e. The monoisotopic (exact) mass is 235 g/mol. The molecule has 0 amide bonds. The Balaban J connectivity index is 2.69. The summed E-state index contributed by atoms with van der Waals surface area (Å²) in [6.45, 7) is 12.8. The fourth-order valence-electron chi connectivity index (χ4n) is 1.43. The lowest BCUT2D eigenvalue weighted by Crippen LogP contribution is -2.27. The van der Waals surface area contributed by atoms with Crippen LogP contribution in [0.2, 0.25) is 0 Å². The molecule has 17 heavy (non-hydrogen) atoms. The SMILES string of the molecule is CCC(C)(C)Oc1ccc(NC(C)(C)C)cc1. The highest BCUT2D eigenvalue weighted by molar-refractivity contribution is 5.47. The zero-order chi connectivity index (χ0) is 13.1. The molecule has 1 N–H and O–H groups in total. The van der Waals surface area contributed by atoms with Crippen LogP contribution in [0.1, 0.15) is 48.0 Å². The molecule has 0 heterocycles. The molecule has 0 atom stereocenters. The van der Waals surface area contributed by atoms with Crippen molar-refractivity contribution >= 4 is 5.69 Å². The first-order valence-corrected chi connectivity index (χ1v) is 6.29. The second-order valence-corrected chi connectivity index (χ2v) is 6.11. The average molecular weight is 235 g/mol. The molecule has 1 rings (SSSR count). The quantitative estimate of drug-likeness (QED) is 0.831. The van der Waals surface area contributed by atoms with E-state index in [-0.39, 0.29) is 11.1 Å². The second kappa shape index (κ2) is 4.99. The van der Waals surface area contributed by atoms with Crippen LogP contribution in [0.5, 0.6) is 5.75 Å². The molecule has 0 aliphatic carbocycles. The normalized spacial score (nSPS) is 12.4. The zero-order valence-corrected chi connectivity index (χ0v) is 11.9. The molecule has 2 heteroatoms. The fraction of sp³-hybridized carbons (Fsp3) is 0.600. The Morgan fingerprint density at radius 2 is 1.53 bits per heavy atom. The summed E-state index contributed by atoms with van der Waals surface area (Å²) in [5.74, 6) is 0.927. The van der Waals surface area contributed by atoms with E-state index in [1.165, 1.54) is 0 Å². The summed E-state index contributed by atoms with van der Waals surface area (Å²) in [7, 11) is 0. The molecule has 0 bridgehead atoms. The minimum atomic E-state index is -0.0982. The van der Waals surface area contributed by atoms with Crippen LogP contribution >= 0.6 is 0 Å². The topological polar surface area (TPSA) is 21.3 Å². The third kappa shape index (κ3) is 5.12.